The Morgan fingerprint density at radius 2 is 1.75 bits per heavy atom. The smallest absolute Gasteiger partial charge is 0.252 e. The van der Waals surface area contributed by atoms with Crippen molar-refractivity contribution in [1.82, 2.24) is 10.2 Å². The van der Waals surface area contributed by atoms with Gasteiger partial charge in [0.1, 0.15) is 0 Å². The van der Waals surface area contributed by atoms with Crippen molar-refractivity contribution in [2.24, 2.45) is 0 Å². The van der Waals surface area contributed by atoms with E-state index in [1.807, 2.05) is 31.2 Å². The van der Waals surface area contributed by atoms with Crippen LogP contribution >= 0.6 is 11.6 Å². The highest BCUT2D eigenvalue weighted by atomic mass is 35.5. The lowest BCUT2D eigenvalue weighted by Crippen LogP contribution is -2.32. The van der Waals surface area contributed by atoms with Crippen molar-refractivity contribution < 1.29 is 9.59 Å². The summed E-state index contributed by atoms with van der Waals surface area (Å²) < 4.78 is 0. The van der Waals surface area contributed by atoms with Crippen LogP contribution in [0.1, 0.15) is 27.9 Å². The third kappa shape index (κ3) is 5.10. The molecular formula is C19H21ClN2O2. The molecule has 1 N–H and O–H groups in total. The van der Waals surface area contributed by atoms with Crippen LogP contribution in [0.2, 0.25) is 5.02 Å². The van der Waals surface area contributed by atoms with Crippen molar-refractivity contribution in [2.75, 3.05) is 13.6 Å². The summed E-state index contributed by atoms with van der Waals surface area (Å²) in [5, 5.41) is 3.13. The van der Waals surface area contributed by atoms with Gasteiger partial charge < -0.3 is 10.2 Å². The standard InChI is InChI=1S/C19H21ClN2O2/c1-14-7-9-15(10-8-14)13-22(2)18(23)11-12-21-19(24)16-5-3-4-6-17(16)20/h3-10H,11-13H2,1-2H3,(H,21,24). The zero-order chi connectivity index (χ0) is 17.5. The number of aryl methyl sites for hydroxylation is 1. The molecule has 24 heavy (non-hydrogen) atoms. The van der Waals surface area contributed by atoms with E-state index in [4.69, 9.17) is 11.6 Å². The first kappa shape index (κ1) is 18.0. The molecule has 0 saturated carbocycles. The second-order valence-electron chi connectivity index (χ2n) is 5.72. The first-order valence-corrected chi connectivity index (χ1v) is 8.17. The van der Waals surface area contributed by atoms with Crippen molar-refractivity contribution >= 4 is 23.4 Å². The number of benzene rings is 2. The van der Waals surface area contributed by atoms with E-state index in [-0.39, 0.29) is 24.8 Å². The Morgan fingerprint density at radius 3 is 2.42 bits per heavy atom. The van der Waals surface area contributed by atoms with Crippen molar-refractivity contribution in [3.05, 3.63) is 70.2 Å². The van der Waals surface area contributed by atoms with Gasteiger partial charge in [0, 0.05) is 26.6 Å². The minimum absolute atomic E-state index is 0.0185. The van der Waals surface area contributed by atoms with Gasteiger partial charge in [0.2, 0.25) is 5.91 Å². The molecule has 0 fully saturated rings. The highest BCUT2D eigenvalue weighted by Gasteiger charge is 2.12. The van der Waals surface area contributed by atoms with Crippen molar-refractivity contribution in [1.29, 1.82) is 0 Å². The van der Waals surface area contributed by atoms with Gasteiger partial charge in [-0.05, 0) is 24.6 Å². The molecule has 0 heterocycles. The summed E-state index contributed by atoms with van der Waals surface area (Å²) in [6, 6.07) is 14.9. The Hall–Kier alpha value is -2.33. The topological polar surface area (TPSA) is 49.4 Å². The van der Waals surface area contributed by atoms with Crippen LogP contribution in [-0.2, 0) is 11.3 Å². The highest BCUT2D eigenvalue weighted by molar-refractivity contribution is 6.33. The van der Waals surface area contributed by atoms with Gasteiger partial charge in [0.15, 0.2) is 0 Å². The average molecular weight is 345 g/mol. The van der Waals surface area contributed by atoms with Gasteiger partial charge in [-0.2, -0.15) is 0 Å². The lowest BCUT2D eigenvalue weighted by atomic mass is 10.1. The fourth-order valence-electron chi connectivity index (χ4n) is 2.27. The molecule has 0 unspecified atom stereocenters. The van der Waals surface area contributed by atoms with Gasteiger partial charge in [-0.3, -0.25) is 9.59 Å². The Morgan fingerprint density at radius 1 is 1.08 bits per heavy atom. The molecule has 0 spiro atoms. The average Bonchev–Trinajstić information content (AvgIpc) is 2.57. The molecule has 2 rings (SSSR count). The Bertz CT molecular complexity index is 714. The zero-order valence-electron chi connectivity index (χ0n) is 13.9. The second kappa shape index (κ2) is 8.50. The third-order valence-corrected chi connectivity index (χ3v) is 4.04. The number of nitrogens with zero attached hydrogens (tertiary/aromatic N) is 1. The molecule has 5 heteroatoms. The van der Waals surface area contributed by atoms with Gasteiger partial charge in [-0.1, -0.05) is 53.6 Å². The summed E-state index contributed by atoms with van der Waals surface area (Å²) in [4.78, 5) is 25.8. The molecule has 0 aliphatic heterocycles. The summed E-state index contributed by atoms with van der Waals surface area (Å²) in [6.45, 7) is 2.86. The molecule has 0 aromatic heterocycles. The van der Waals surface area contributed by atoms with Crippen molar-refractivity contribution in [3.8, 4) is 0 Å². The van der Waals surface area contributed by atoms with Crippen LogP contribution in [0.15, 0.2) is 48.5 Å². The van der Waals surface area contributed by atoms with Gasteiger partial charge in [-0.25, -0.2) is 0 Å². The molecule has 0 bridgehead atoms. The Balaban J connectivity index is 1.79. The lowest BCUT2D eigenvalue weighted by molar-refractivity contribution is -0.130. The fraction of sp³-hybridized carbons (Fsp3) is 0.263. The molecule has 2 amide bonds. The molecule has 0 radical (unpaired) electrons. The summed E-state index contributed by atoms with van der Waals surface area (Å²) in [7, 11) is 1.76. The summed E-state index contributed by atoms with van der Waals surface area (Å²) in [5.74, 6) is -0.287. The molecule has 2 aromatic rings. The minimum Gasteiger partial charge on any atom is -0.351 e. The number of carbonyl (C=O) groups is 2. The van der Waals surface area contributed by atoms with E-state index < -0.39 is 0 Å². The lowest BCUT2D eigenvalue weighted by Gasteiger charge is -2.17. The first-order chi connectivity index (χ1) is 11.5. The number of hydrogen-bond acceptors (Lipinski definition) is 2. The fourth-order valence-corrected chi connectivity index (χ4v) is 2.49. The van der Waals surface area contributed by atoms with Crippen LogP contribution in [-0.4, -0.2) is 30.3 Å². The molecule has 0 aliphatic rings. The summed E-state index contributed by atoms with van der Waals surface area (Å²) in [6.07, 6.45) is 0.249. The van der Waals surface area contributed by atoms with Crippen LogP contribution in [0.5, 0.6) is 0 Å². The van der Waals surface area contributed by atoms with E-state index in [0.29, 0.717) is 17.1 Å². The molecule has 0 atom stereocenters. The molecule has 0 aliphatic carbocycles. The summed E-state index contributed by atoms with van der Waals surface area (Å²) >= 11 is 5.98. The van der Waals surface area contributed by atoms with Crippen LogP contribution in [0.3, 0.4) is 0 Å². The second-order valence-corrected chi connectivity index (χ2v) is 6.13. The number of amides is 2. The molecule has 4 nitrogen and oxygen atoms in total. The van der Waals surface area contributed by atoms with Crippen LogP contribution in [0.4, 0.5) is 0 Å². The highest BCUT2D eigenvalue weighted by Crippen LogP contribution is 2.14. The molecule has 126 valence electrons. The van der Waals surface area contributed by atoms with E-state index in [9.17, 15) is 9.59 Å². The number of carbonyl (C=O) groups excluding carboxylic acids is 2. The van der Waals surface area contributed by atoms with Crippen LogP contribution < -0.4 is 5.32 Å². The summed E-state index contributed by atoms with van der Waals surface area (Å²) in [5.41, 5.74) is 2.69. The van der Waals surface area contributed by atoms with Gasteiger partial charge in [-0.15, -0.1) is 0 Å². The maximum atomic E-state index is 12.1. The van der Waals surface area contributed by atoms with Gasteiger partial charge in [0.05, 0.1) is 10.6 Å². The SMILES string of the molecule is Cc1ccc(CN(C)C(=O)CCNC(=O)c2ccccc2Cl)cc1. The number of rotatable bonds is 6. The van der Waals surface area contributed by atoms with Gasteiger partial charge in [0.25, 0.3) is 5.91 Å². The first-order valence-electron chi connectivity index (χ1n) is 7.79. The Labute approximate surface area is 147 Å². The van der Waals surface area contributed by atoms with E-state index in [1.54, 1.807) is 36.2 Å². The minimum atomic E-state index is -0.269. The third-order valence-electron chi connectivity index (χ3n) is 3.71. The number of nitrogens with one attached hydrogen (secondary N) is 1. The largest absolute Gasteiger partial charge is 0.351 e. The van der Waals surface area contributed by atoms with E-state index >= 15 is 0 Å². The van der Waals surface area contributed by atoms with E-state index in [1.165, 1.54) is 5.56 Å². The van der Waals surface area contributed by atoms with Crippen molar-refractivity contribution in [2.45, 2.75) is 19.9 Å². The maximum Gasteiger partial charge on any atom is 0.252 e. The normalized spacial score (nSPS) is 10.3. The molecule has 0 saturated heterocycles. The van der Waals surface area contributed by atoms with Crippen LogP contribution in [0.25, 0.3) is 0 Å². The molecule has 2 aromatic carbocycles. The van der Waals surface area contributed by atoms with E-state index in [0.717, 1.165) is 5.56 Å². The molecular weight excluding hydrogens is 324 g/mol. The predicted octanol–water partition coefficient (Wildman–Crippen LogP) is 3.43. The predicted molar refractivity (Wildman–Crippen MR) is 96.1 cm³/mol. The van der Waals surface area contributed by atoms with Crippen molar-refractivity contribution in [3.63, 3.8) is 0 Å². The van der Waals surface area contributed by atoms with Crippen LogP contribution in [0, 0.1) is 6.92 Å². The Kier molecular flexibility index (Phi) is 6.38. The number of halogens is 1. The monoisotopic (exact) mass is 344 g/mol. The zero-order valence-corrected chi connectivity index (χ0v) is 14.6. The van der Waals surface area contributed by atoms with Gasteiger partial charge >= 0.3 is 0 Å². The quantitative estimate of drug-likeness (QED) is 0.872. The number of hydrogen-bond donors (Lipinski definition) is 1. The maximum absolute atomic E-state index is 12.1. The van der Waals surface area contributed by atoms with E-state index in [2.05, 4.69) is 5.32 Å².